The number of hydrogen-bond donors (Lipinski definition) is 1. The molecule has 1 aromatic heterocycles. The van der Waals surface area contributed by atoms with Crippen molar-refractivity contribution >= 4 is 29.2 Å². The Morgan fingerprint density at radius 1 is 1.31 bits per heavy atom. The van der Waals surface area contributed by atoms with Crippen LogP contribution in [0, 0.1) is 0 Å². The third-order valence-corrected chi connectivity index (χ3v) is 2.97. The summed E-state index contributed by atoms with van der Waals surface area (Å²) >= 11 is 11.9. The molecule has 0 saturated heterocycles. The molecule has 0 spiro atoms. The predicted octanol–water partition coefficient (Wildman–Crippen LogP) is 3.01. The topological polar surface area (TPSA) is 43.8 Å². The van der Waals surface area contributed by atoms with E-state index in [1.807, 2.05) is 22.9 Å². The summed E-state index contributed by atoms with van der Waals surface area (Å²) in [6.07, 6.45) is 4.33. The molecule has 16 heavy (non-hydrogen) atoms. The Balaban J connectivity index is 2.08. The van der Waals surface area contributed by atoms with Crippen LogP contribution in [0.5, 0.6) is 0 Å². The highest BCUT2D eigenvalue weighted by Gasteiger charge is 2.03. The van der Waals surface area contributed by atoms with Crippen LogP contribution in [0.25, 0.3) is 0 Å². The molecule has 0 aliphatic heterocycles. The van der Waals surface area contributed by atoms with Crippen molar-refractivity contribution in [1.29, 1.82) is 0 Å². The molecule has 2 aromatic rings. The third-order valence-electron chi connectivity index (χ3n) is 2.38. The molecule has 1 aromatic carbocycles. The smallest absolute Gasteiger partial charge is 0.200 e. The number of aryl methyl sites for hydroxylation is 2. The molecule has 2 N–H and O–H groups in total. The Morgan fingerprint density at radius 3 is 2.75 bits per heavy atom. The van der Waals surface area contributed by atoms with E-state index in [-0.39, 0.29) is 0 Å². The maximum absolute atomic E-state index is 6.07. The molecule has 0 fully saturated rings. The summed E-state index contributed by atoms with van der Waals surface area (Å²) in [5.41, 5.74) is 6.72. The van der Waals surface area contributed by atoms with E-state index in [9.17, 15) is 0 Å². The van der Waals surface area contributed by atoms with Gasteiger partial charge in [-0.2, -0.15) is 0 Å². The molecule has 0 radical (unpaired) electrons. The van der Waals surface area contributed by atoms with Gasteiger partial charge in [0, 0.05) is 29.0 Å². The second-order valence-corrected chi connectivity index (χ2v) is 4.31. The number of hydrogen-bond acceptors (Lipinski definition) is 2. The maximum Gasteiger partial charge on any atom is 0.200 e. The van der Waals surface area contributed by atoms with Crippen molar-refractivity contribution in [3.63, 3.8) is 0 Å². The molecule has 0 aliphatic rings. The molecule has 0 amide bonds. The summed E-state index contributed by atoms with van der Waals surface area (Å²) in [4.78, 5) is 3.95. The van der Waals surface area contributed by atoms with Crippen molar-refractivity contribution in [2.75, 3.05) is 5.73 Å². The average molecular weight is 256 g/mol. The lowest BCUT2D eigenvalue weighted by Gasteiger charge is -2.06. The molecular weight excluding hydrogens is 245 g/mol. The number of rotatable bonds is 3. The summed E-state index contributed by atoms with van der Waals surface area (Å²) < 4.78 is 1.88. The van der Waals surface area contributed by atoms with Crippen molar-refractivity contribution in [2.24, 2.45) is 0 Å². The van der Waals surface area contributed by atoms with Crippen molar-refractivity contribution in [3.05, 3.63) is 46.2 Å². The Labute approximate surface area is 104 Å². The fourth-order valence-electron chi connectivity index (χ4n) is 1.50. The first kappa shape index (κ1) is 11.3. The zero-order valence-corrected chi connectivity index (χ0v) is 10.0. The van der Waals surface area contributed by atoms with Gasteiger partial charge < -0.3 is 10.3 Å². The first-order valence-electron chi connectivity index (χ1n) is 4.87. The highest BCUT2D eigenvalue weighted by molar-refractivity contribution is 6.35. The Hall–Kier alpha value is -1.19. The molecule has 3 nitrogen and oxygen atoms in total. The number of nitrogens with zero attached hydrogens (tertiary/aromatic N) is 2. The predicted molar refractivity (Wildman–Crippen MR) is 66.8 cm³/mol. The first-order valence-corrected chi connectivity index (χ1v) is 5.63. The summed E-state index contributed by atoms with van der Waals surface area (Å²) in [6.45, 7) is 0.757. The fourth-order valence-corrected chi connectivity index (χ4v) is 2.00. The van der Waals surface area contributed by atoms with Gasteiger partial charge in [0.15, 0.2) is 5.95 Å². The molecule has 84 valence electrons. The zero-order chi connectivity index (χ0) is 11.5. The number of benzene rings is 1. The van der Waals surface area contributed by atoms with Crippen LogP contribution in [0.15, 0.2) is 30.6 Å². The van der Waals surface area contributed by atoms with Crippen LogP contribution in [0.2, 0.25) is 10.0 Å². The van der Waals surface area contributed by atoms with Crippen molar-refractivity contribution in [3.8, 4) is 0 Å². The normalized spacial score (nSPS) is 10.6. The molecule has 1 heterocycles. The molecule has 5 heteroatoms. The third kappa shape index (κ3) is 2.49. The van der Waals surface area contributed by atoms with Gasteiger partial charge in [-0.15, -0.1) is 0 Å². The highest BCUT2D eigenvalue weighted by Crippen LogP contribution is 2.21. The van der Waals surface area contributed by atoms with Gasteiger partial charge in [-0.25, -0.2) is 4.98 Å². The first-order chi connectivity index (χ1) is 7.66. The standard InChI is InChI=1S/C11H11Cl2N3/c12-9-2-1-8(10(13)7-9)3-5-16-6-4-15-11(16)14/h1-2,4,6-7H,3,5H2,(H2,14,15). The maximum atomic E-state index is 6.07. The van der Waals surface area contributed by atoms with E-state index < -0.39 is 0 Å². The van der Waals surface area contributed by atoms with E-state index in [2.05, 4.69) is 4.98 Å². The van der Waals surface area contributed by atoms with E-state index in [0.717, 1.165) is 18.5 Å². The molecular formula is C11H11Cl2N3. The molecule has 0 unspecified atom stereocenters. The highest BCUT2D eigenvalue weighted by atomic mass is 35.5. The number of imidazole rings is 1. The van der Waals surface area contributed by atoms with E-state index in [1.165, 1.54) is 0 Å². The monoisotopic (exact) mass is 255 g/mol. The van der Waals surface area contributed by atoms with Crippen LogP contribution in [0.1, 0.15) is 5.56 Å². The average Bonchev–Trinajstić information content (AvgIpc) is 2.63. The van der Waals surface area contributed by atoms with Gasteiger partial charge >= 0.3 is 0 Å². The second kappa shape index (κ2) is 4.76. The van der Waals surface area contributed by atoms with Crippen LogP contribution in [0.4, 0.5) is 5.95 Å². The van der Waals surface area contributed by atoms with Gasteiger partial charge in [0.05, 0.1) is 0 Å². The molecule has 0 saturated carbocycles. The van der Waals surface area contributed by atoms with Crippen molar-refractivity contribution in [1.82, 2.24) is 9.55 Å². The quantitative estimate of drug-likeness (QED) is 0.917. The Kier molecular flexibility index (Phi) is 3.36. The van der Waals surface area contributed by atoms with Gasteiger partial charge in [-0.1, -0.05) is 29.3 Å². The largest absolute Gasteiger partial charge is 0.369 e. The van der Waals surface area contributed by atoms with Gasteiger partial charge in [0.2, 0.25) is 0 Å². The van der Waals surface area contributed by atoms with Crippen LogP contribution < -0.4 is 5.73 Å². The van der Waals surface area contributed by atoms with E-state index in [0.29, 0.717) is 16.0 Å². The number of nitrogens with two attached hydrogens (primary N) is 1. The van der Waals surface area contributed by atoms with Crippen molar-refractivity contribution in [2.45, 2.75) is 13.0 Å². The summed E-state index contributed by atoms with van der Waals surface area (Å²) in [5.74, 6) is 0.519. The van der Waals surface area contributed by atoms with E-state index >= 15 is 0 Å². The number of anilines is 1. The Morgan fingerprint density at radius 2 is 2.12 bits per heavy atom. The molecule has 0 aliphatic carbocycles. The fraction of sp³-hybridized carbons (Fsp3) is 0.182. The van der Waals surface area contributed by atoms with Crippen LogP contribution in [-0.2, 0) is 13.0 Å². The zero-order valence-electron chi connectivity index (χ0n) is 8.53. The minimum Gasteiger partial charge on any atom is -0.369 e. The molecule has 0 bridgehead atoms. The lowest BCUT2D eigenvalue weighted by Crippen LogP contribution is -2.04. The minimum absolute atomic E-state index is 0.519. The summed E-state index contributed by atoms with van der Waals surface area (Å²) in [5, 5.41) is 1.34. The molecule has 0 atom stereocenters. The minimum atomic E-state index is 0.519. The summed E-state index contributed by atoms with van der Waals surface area (Å²) in [6, 6.07) is 5.51. The van der Waals surface area contributed by atoms with Gasteiger partial charge in [-0.3, -0.25) is 0 Å². The lowest BCUT2D eigenvalue weighted by molar-refractivity contribution is 0.706. The van der Waals surface area contributed by atoms with Gasteiger partial charge in [0.1, 0.15) is 0 Å². The van der Waals surface area contributed by atoms with Crippen LogP contribution >= 0.6 is 23.2 Å². The second-order valence-electron chi connectivity index (χ2n) is 3.46. The van der Waals surface area contributed by atoms with E-state index in [4.69, 9.17) is 28.9 Å². The Bertz CT molecular complexity index is 494. The van der Waals surface area contributed by atoms with Crippen LogP contribution in [-0.4, -0.2) is 9.55 Å². The van der Waals surface area contributed by atoms with E-state index in [1.54, 1.807) is 12.3 Å². The molecule has 2 rings (SSSR count). The number of halogens is 2. The number of nitrogen functional groups attached to an aromatic ring is 1. The number of aromatic nitrogens is 2. The summed E-state index contributed by atoms with van der Waals surface area (Å²) in [7, 11) is 0. The lowest BCUT2D eigenvalue weighted by atomic mass is 10.1. The van der Waals surface area contributed by atoms with Crippen LogP contribution in [0.3, 0.4) is 0 Å². The SMILES string of the molecule is Nc1nccn1CCc1ccc(Cl)cc1Cl. The van der Waals surface area contributed by atoms with Gasteiger partial charge in [0.25, 0.3) is 0 Å². The van der Waals surface area contributed by atoms with Crippen molar-refractivity contribution < 1.29 is 0 Å². The van der Waals surface area contributed by atoms with Gasteiger partial charge in [-0.05, 0) is 24.1 Å².